The zero-order valence-corrected chi connectivity index (χ0v) is 12.0. The van der Waals surface area contributed by atoms with E-state index in [-0.39, 0.29) is 0 Å². The maximum atomic E-state index is 12.5. The first-order chi connectivity index (χ1) is 10.0. The number of nitrogens with zero attached hydrogens (tertiary/aromatic N) is 1. The summed E-state index contributed by atoms with van der Waals surface area (Å²) in [4.78, 5) is 25.3. The number of para-hydroxylation sites is 1. The number of benzene rings is 1. The molecule has 5 nitrogen and oxygen atoms in total. The molecule has 1 saturated carbocycles. The minimum Gasteiger partial charge on any atom is -0.480 e. The van der Waals surface area contributed by atoms with Crippen molar-refractivity contribution in [1.82, 2.24) is 0 Å². The molecule has 1 heterocycles. The van der Waals surface area contributed by atoms with Gasteiger partial charge in [0.05, 0.1) is 5.69 Å². The molecule has 0 bridgehead atoms. The first kappa shape index (κ1) is 13.9. The summed E-state index contributed by atoms with van der Waals surface area (Å²) in [7, 11) is 0. The quantitative estimate of drug-likeness (QED) is 0.909. The first-order valence-electron chi connectivity index (χ1n) is 7.33. The molecule has 1 unspecified atom stereocenters. The molecule has 1 aromatic rings. The Bertz CT molecular complexity index is 577. The second kappa shape index (κ2) is 5.06. The van der Waals surface area contributed by atoms with Gasteiger partial charge in [0, 0.05) is 6.42 Å². The molecular formula is C16H19NO4. The summed E-state index contributed by atoms with van der Waals surface area (Å²) in [5.41, 5.74) is 1.06. The number of anilines is 1. The number of carboxylic acids is 1. The number of hydrogen-bond acceptors (Lipinski definition) is 3. The average molecular weight is 289 g/mol. The van der Waals surface area contributed by atoms with Gasteiger partial charge in [-0.3, -0.25) is 4.90 Å². The minimum atomic E-state index is -1.00. The molecule has 1 aromatic carbocycles. The van der Waals surface area contributed by atoms with Gasteiger partial charge in [-0.2, -0.15) is 0 Å². The van der Waals surface area contributed by atoms with Gasteiger partial charge in [0.15, 0.2) is 0 Å². The Kier molecular flexibility index (Phi) is 3.35. The van der Waals surface area contributed by atoms with E-state index in [1.54, 1.807) is 12.1 Å². The predicted molar refractivity (Wildman–Crippen MR) is 77.4 cm³/mol. The van der Waals surface area contributed by atoms with Crippen LogP contribution < -0.4 is 4.90 Å². The highest BCUT2D eigenvalue weighted by molar-refractivity contribution is 5.98. The van der Waals surface area contributed by atoms with E-state index in [2.05, 4.69) is 0 Å². The van der Waals surface area contributed by atoms with Crippen molar-refractivity contribution in [3.8, 4) is 0 Å². The zero-order chi connectivity index (χ0) is 15.0. The van der Waals surface area contributed by atoms with E-state index >= 15 is 0 Å². The molecule has 2 aliphatic rings. The Hall–Kier alpha value is -2.04. The first-order valence-corrected chi connectivity index (χ1v) is 7.33. The highest BCUT2D eigenvalue weighted by Gasteiger charge is 2.42. The number of carboxylic acid groups (broad SMARTS) is 1. The van der Waals surface area contributed by atoms with Crippen molar-refractivity contribution >= 4 is 17.7 Å². The molecule has 0 radical (unpaired) electrons. The molecule has 0 spiro atoms. The van der Waals surface area contributed by atoms with Crippen LogP contribution in [0.5, 0.6) is 0 Å². The minimum absolute atomic E-state index is 0.331. The molecule has 0 aromatic heterocycles. The highest BCUT2D eigenvalue weighted by Crippen LogP contribution is 2.37. The van der Waals surface area contributed by atoms with Crippen molar-refractivity contribution < 1.29 is 19.4 Å². The molecule has 1 fully saturated rings. The fourth-order valence-electron chi connectivity index (χ4n) is 3.29. The maximum absolute atomic E-state index is 12.5. The van der Waals surface area contributed by atoms with Gasteiger partial charge in [0.25, 0.3) is 0 Å². The molecule has 3 rings (SSSR count). The van der Waals surface area contributed by atoms with Crippen molar-refractivity contribution in [1.29, 1.82) is 0 Å². The monoisotopic (exact) mass is 289 g/mol. The molecule has 5 heteroatoms. The Morgan fingerprint density at radius 3 is 2.62 bits per heavy atom. The van der Waals surface area contributed by atoms with Gasteiger partial charge in [-0.15, -0.1) is 0 Å². The van der Waals surface area contributed by atoms with Crippen LogP contribution in [-0.2, 0) is 16.0 Å². The summed E-state index contributed by atoms with van der Waals surface area (Å²) in [6.07, 6.45) is 3.55. The normalized spacial score (nSPS) is 22.9. The van der Waals surface area contributed by atoms with Crippen LogP contribution in [0.3, 0.4) is 0 Å². The standard InChI is InChI=1S/C16H19NO4/c1-16(8-4-5-9-16)21-15(20)17-12-7-3-2-6-11(12)10-13(17)14(18)19/h2-3,6-7,13H,4-5,8-10H2,1H3,(H,18,19). The van der Waals surface area contributed by atoms with Crippen LogP contribution in [0.2, 0.25) is 0 Å². The van der Waals surface area contributed by atoms with Gasteiger partial charge in [0.2, 0.25) is 0 Å². The summed E-state index contributed by atoms with van der Waals surface area (Å²) >= 11 is 0. The van der Waals surface area contributed by atoms with Crippen LogP contribution in [0.4, 0.5) is 10.5 Å². The topological polar surface area (TPSA) is 66.8 Å². The van der Waals surface area contributed by atoms with Crippen molar-refractivity contribution in [2.45, 2.75) is 50.7 Å². The van der Waals surface area contributed by atoms with Crippen LogP contribution in [0.15, 0.2) is 24.3 Å². The molecule has 21 heavy (non-hydrogen) atoms. The number of rotatable bonds is 2. The SMILES string of the molecule is CC1(OC(=O)N2c3ccccc3CC2C(=O)O)CCCC1. The smallest absolute Gasteiger partial charge is 0.415 e. The molecular weight excluding hydrogens is 270 g/mol. The number of carbonyl (C=O) groups excluding carboxylic acids is 1. The summed E-state index contributed by atoms with van der Waals surface area (Å²) in [6.45, 7) is 1.93. The Morgan fingerprint density at radius 2 is 1.95 bits per heavy atom. The second-order valence-electron chi connectivity index (χ2n) is 6.08. The third kappa shape index (κ3) is 2.48. The van der Waals surface area contributed by atoms with Crippen molar-refractivity contribution in [2.24, 2.45) is 0 Å². The summed E-state index contributed by atoms with van der Waals surface area (Å²) in [5, 5.41) is 9.38. The molecule has 1 N–H and O–H groups in total. The van der Waals surface area contributed by atoms with Gasteiger partial charge in [0.1, 0.15) is 11.6 Å². The lowest BCUT2D eigenvalue weighted by Crippen LogP contribution is -2.46. The molecule has 112 valence electrons. The number of carbonyl (C=O) groups is 2. The highest BCUT2D eigenvalue weighted by atomic mass is 16.6. The molecule has 1 aliphatic heterocycles. The lowest BCUT2D eigenvalue weighted by atomic mass is 10.1. The van der Waals surface area contributed by atoms with Gasteiger partial charge in [-0.05, 0) is 44.2 Å². The average Bonchev–Trinajstić information content (AvgIpc) is 3.02. The fourth-order valence-corrected chi connectivity index (χ4v) is 3.29. The molecule has 1 atom stereocenters. The van der Waals surface area contributed by atoms with E-state index in [9.17, 15) is 14.7 Å². The Labute approximate surface area is 123 Å². The fraction of sp³-hybridized carbons (Fsp3) is 0.500. The van der Waals surface area contributed by atoms with Crippen molar-refractivity contribution in [3.05, 3.63) is 29.8 Å². The van der Waals surface area contributed by atoms with Crippen LogP contribution in [0.1, 0.15) is 38.2 Å². The van der Waals surface area contributed by atoms with E-state index in [0.717, 1.165) is 31.2 Å². The predicted octanol–water partition coefficient (Wildman–Crippen LogP) is 2.97. The number of aliphatic carboxylic acids is 1. The second-order valence-corrected chi connectivity index (χ2v) is 6.08. The Balaban J connectivity index is 1.87. The van der Waals surface area contributed by atoms with E-state index in [1.807, 2.05) is 19.1 Å². The van der Waals surface area contributed by atoms with Crippen molar-refractivity contribution in [3.63, 3.8) is 0 Å². The lowest BCUT2D eigenvalue weighted by Gasteiger charge is -2.29. The number of ether oxygens (including phenoxy) is 1. The third-order valence-electron chi connectivity index (χ3n) is 4.45. The zero-order valence-electron chi connectivity index (χ0n) is 12.0. The van der Waals surface area contributed by atoms with Crippen LogP contribution in [-0.4, -0.2) is 28.8 Å². The molecule has 0 saturated heterocycles. The van der Waals surface area contributed by atoms with E-state index in [4.69, 9.17) is 4.74 Å². The summed E-state index contributed by atoms with van der Waals surface area (Å²) < 4.78 is 5.64. The van der Waals surface area contributed by atoms with E-state index < -0.39 is 23.7 Å². The number of amides is 1. The van der Waals surface area contributed by atoms with E-state index in [1.165, 1.54) is 4.90 Å². The molecule has 1 aliphatic carbocycles. The van der Waals surface area contributed by atoms with Gasteiger partial charge in [-0.1, -0.05) is 18.2 Å². The van der Waals surface area contributed by atoms with Crippen LogP contribution in [0.25, 0.3) is 0 Å². The van der Waals surface area contributed by atoms with Gasteiger partial charge in [-0.25, -0.2) is 9.59 Å². The van der Waals surface area contributed by atoms with Crippen molar-refractivity contribution in [2.75, 3.05) is 4.90 Å². The van der Waals surface area contributed by atoms with E-state index in [0.29, 0.717) is 12.1 Å². The summed E-state index contributed by atoms with van der Waals surface area (Å²) in [6, 6.07) is 6.41. The maximum Gasteiger partial charge on any atom is 0.415 e. The summed E-state index contributed by atoms with van der Waals surface area (Å²) in [5.74, 6) is -1.00. The molecule has 1 amide bonds. The third-order valence-corrected chi connectivity index (χ3v) is 4.45. The largest absolute Gasteiger partial charge is 0.480 e. The lowest BCUT2D eigenvalue weighted by molar-refractivity contribution is -0.138. The van der Waals surface area contributed by atoms with Gasteiger partial charge >= 0.3 is 12.1 Å². The van der Waals surface area contributed by atoms with Gasteiger partial charge < -0.3 is 9.84 Å². The number of hydrogen-bond donors (Lipinski definition) is 1. The van der Waals surface area contributed by atoms with Crippen LogP contribution >= 0.6 is 0 Å². The Morgan fingerprint density at radius 1 is 1.29 bits per heavy atom. The number of fused-ring (bicyclic) bond motifs is 1. The van der Waals surface area contributed by atoms with Crippen LogP contribution in [0, 0.1) is 0 Å².